The van der Waals surface area contributed by atoms with Crippen LogP contribution in [0.1, 0.15) is 17.4 Å². The van der Waals surface area contributed by atoms with Gasteiger partial charge in [0.15, 0.2) is 0 Å². The Morgan fingerprint density at radius 1 is 1.48 bits per heavy atom. The summed E-state index contributed by atoms with van der Waals surface area (Å²) in [6, 6.07) is 6.76. The number of thiazole rings is 1. The van der Waals surface area contributed by atoms with Gasteiger partial charge in [-0.05, 0) is 19.1 Å². The van der Waals surface area contributed by atoms with Gasteiger partial charge < -0.3 is 10.2 Å². The monoisotopic (exact) mass is 305 g/mol. The summed E-state index contributed by atoms with van der Waals surface area (Å²) in [5, 5.41) is 5.54. The lowest BCUT2D eigenvalue weighted by molar-refractivity contribution is 0.0704. The number of aromatic nitrogens is 1. The molecule has 1 atom stereocenters. The number of hydrogen-bond acceptors (Lipinski definition) is 4. The first-order chi connectivity index (χ1) is 10.1. The molecular weight excluding hydrogens is 289 g/mol. The number of amides is 1. The Labute approximate surface area is 126 Å². The van der Waals surface area contributed by atoms with Gasteiger partial charge in [0, 0.05) is 36.6 Å². The molecule has 2 heterocycles. The summed E-state index contributed by atoms with van der Waals surface area (Å²) in [7, 11) is 0. The van der Waals surface area contributed by atoms with Crippen LogP contribution in [-0.2, 0) is 0 Å². The van der Waals surface area contributed by atoms with Crippen molar-refractivity contribution in [2.75, 3.05) is 19.6 Å². The van der Waals surface area contributed by atoms with E-state index >= 15 is 0 Å². The average Bonchev–Trinajstić information content (AvgIpc) is 2.96. The summed E-state index contributed by atoms with van der Waals surface area (Å²) in [6.07, 6.45) is 0. The lowest BCUT2D eigenvalue weighted by atomic mass is 10.2. The highest BCUT2D eigenvalue weighted by Crippen LogP contribution is 2.26. The summed E-state index contributed by atoms with van der Waals surface area (Å²) in [4.78, 5) is 18.5. The largest absolute Gasteiger partial charge is 0.334 e. The summed E-state index contributed by atoms with van der Waals surface area (Å²) >= 11 is 1.30. The van der Waals surface area contributed by atoms with E-state index < -0.39 is 0 Å². The minimum absolute atomic E-state index is 0.0813. The van der Waals surface area contributed by atoms with Crippen LogP contribution in [0.4, 0.5) is 4.39 Å². The van der Waals surface area contributed by atoms with Gasteiger partial charge in [-0.25, -0.2) is 9.37 Å². The second kappa shape index (κ2) is 5.91. The van der Waals surface area contributed by atoms with Crippen LogP contribution in [0, 0.1) is 5.82 Å². The lowest BCUT2D eigenvalue weighted by Crippen LogP contribution is -2.51. The van der Waals surface area contributed by atoms with Gasteiger partial charge in [0.05, 0.1) is 0 Å². The molecule has 0 bridgehead atoms. The number of piperazine rings is 1. The van der Waals surface area contributed by atoms with E-state index in [2.05, 4.69) is 10.3 Å². The number of benzene rings is 1. The lowest BCUT2D eigenvalue weighted by Gasteiger charge is -2.31. The van der Waals surface area contributed by atoms with Gasteiger partial charge in [-0.3, -0.25) is 4.79 Å². The summed E-state index contributed by atoms with van der Waals surface area (Å²) in [6.45, 7) is 4.18. The van der Waals surface area contributed by atoms with Crippen molar-refractivity contribution in [1.29, 1.82) is 0 Å². The maximum atomic E-state index is 13.8. The summed E-state index contributed by atoms with van der Waals surface area (Å²) < 4.78 is 13.8. The summed E-state index contributed by atoms with van der Waals surface area (Å²) in [5.41, 5.74) is 0.836. The van der Waals surface area contributed by atoms with Crippen LogP contribution in [0.15, 0.2) is 29.6 Å². The molecule has 2 aromatic rings. The molecule has 1 aromatic heterocycles. The molecule has 110 valence electrons. The molecule has 21 heavy (non-hydrogen) atoms. The van der Waals surface area contributed by atoms with Crippen LogP contribution in [0.25, 0.3) is 10.6 Å². The smallest absolute Gasteiger partial charge is 0.273 e. The maximum absolute atomic E-state index is 13.8. The van der Waals surface area contributed by atoms with E-state index in [1.807, 2.05) is 6.92 Å². The van der Waals surface area contributed by atoms with Crippen molar-refractivity contribution in [2.24, 2.45) is 0 Å². The van der Waals surface area contributed by atoms with Gasteiger partial charge >= 0.3 is 0 Å². The van der Waals surface area contributed by atoms with E-state index in [9.17, 15) is 9.18 Å². The zero-order chi connectivity index (χ0) is 14.8. The van der Waals surface area contributed by atoms with Crippen LogP contribution in [0.3, 0.4) is 0 Å². The topological polar surface area (TPSA) is 45.2 Å². The van der Waals surface area contributed by atoms with Crippen LogP contribution in [-0.4, -0.2) is 41.5 Å². The molecule has 1 amide bonds. The van der Waals surface area contributed by atoms with Crippen LogP contribution in [0.2, 0.25) is 0 Å². The van der Waals surface area contributed by atoms with E-state index in [0.717, 1.165) is 6.54 Å². The van der Waals surface area contributed by atoms with Gasteiger partial charge in [-0.1, -0.05) is 12.1 Å². The van der Waals surface area contributed by atoms with E-state index in [4.69, 9.17) is 0 Å². The number of halogens is 1. The minimum atomic E-state index is -0.318. The molecule has 1 unspecified atom stereocenters. The van der Waals surface area contributed by atoms with Crippen LogP contribution >= 0.6 is 11.3 Å². The zero-order valence-electron chi connectivity index (χ0n) is 11.7. The fraction of sp³-hybridized carbons (Fsp3) is 0.333. The van der Waals surface area contributed by atoms with Crippen molar-refractivity contribution in [1.82, 2.24) is 15.2 Å². The number of nitrogens with one attached hydrogen (secondary N) is 1. The molecule has 1 N–H and O–H groups in total. The maximum Gasteiger partial charge on any atom is 0.273 e. The molecular formula is C15H16FN3OS. The third-order valence-electron chi connectivity index (χ3n) is 3.48. The number of carbonyl (C=O) groups is 1. The molecule has 1 fully saturated rings. The molecule has 0 saturated carbocycles. The Morgan fingerprint density at radius 2 is 2.29 bits per heavy atom. The van der Waals surface area contributed by atoms with E-state index in [1.165, 1.54) is 17.4 Å². The second-order valence-corrected chi connectivity index (χ2v) is 5.98. The number of rotatable bonds is 2. The van der Waals surface area contributed by atoms with Crippen LogP contribution in [0.5, 0.6) is 0 Å². The number of hydrogen-bond donors (Lipinski definition) is 1. The Morgan fingerprint density at radius 3 is 3.05 bits per heavy atom. The van der Waals surface area contributed by atoms with Gasteiger partial charge in [0.1, 0.15) is 16.5 Å². The molecule has 0 radical (unpaired) electrons. The fourth-order valence-corrected chi connectivity index (χ4v) is 3.23. The molecule has 1 saturated heterocycles. The van der Waals surface area contributed by atoms with Crippen molar-refractivity contribution in [3.05, 3.63) is 41.2 Å². The minimum Gasteiger partial charge on any atom is -0.334 e. The molecule has 6 heteroatoms. The molecule has 1 aromatic carbocycles. The number of carbonyl (C=O) groups excluding carboxylic acids is 1. The molecule has 0 aliphatic carbocycles. The predicted molar refractivity (Wildman–Crippen MR) is 80.9 cm³/mol. The molecule has 1 aliphatic heterocycles. The Balaban J connectivity index is 1.82. The van der Waals surface area contributed by atoms with E-state index in [-0.39, 0.29) is 17.8 Å². The normalized spacial score (nSPS) is 18.8. The molecule has 0 spiro atoms. The molecule has 1 aliphatic rings. The fourth-order valence-electron chi connectivity index (χ4n) is 2.41. The molecule has 3 rings (SSSR count). The second-order valence-electron chi connectivity index (χ2n) is 5.12. The van der Waals surface area contributed by atoms with Gasteiger partial charge in [0.25, 0.3) is 5.91 Å². The van der Waals surface area contributed by atoms with Crippen molar-refractivity contribution in [3.63, 3.8) is 0 Å². The van der Waals surface area contributed by atoms with Crippen molar-refractivity contribution in [2.45, 2.75) is 13.0 Å². The number of nitrogens with zero attached hydrogens (tertiary/aromatic N) is 2. The Kier molecular flexibility index (Phi) is 3.98. The Bertz CT molecular complexity index is 658. The highest BCUT2D eigenvalue weighted by atomic mass is 32.1. The van der Waals surface area contributed by atoms with E-state index in [0.29, 0.717) is 29.4 Å². The summed E-state index contributed by atoms with van der Waals surface area (Å²) in [5.74, 6) is -0.399. The van der Waals surface area contributed by atoms with E-state index in [1.54, 1.807) is 28.5 Å². The Hall–Kier alpha value is -1.79. The first kappa shape index (κ1) is 14.2. The van der Waals surface area contributed by atoms with Gasteiger partial charge in [-0.2, -0.15) is 0 Å². The predicted octanol–water partition coefficient (Wildman–Crippen LogP) is 2.38. The average molecular weight is 305 g/mol. The SMILES string of the molecule is CC1CN(C(=O)c2csc(-c3ccccc3F)n2)CCN1. The van der Waals surface area contributed by atoms with Crippen molar-refractivity contribution < 1.29 is 9.18 Å². The van der Waals surface area contributed by atoms with Crippen LogP contribution < -0.4 is 5.32 Å². The molecule has 4 nitrogen and oxygen atoms in total. The highest BCUT2D eigenvalue weighted by Gasteiger charge is 2.23. The first-order valence-electron chi connectivity index (χ1n) is 6.88. The van der Waals surface area contributed by atoms with Crippen molar-refractivity contribution in [3.8, 4) is 10.6 Å². The highest BCUT2D eigenvalue weighted by molar-refractivity contribution is 7.13. The quantitative estimate of drug-likeness (QED) is 0.926. The third kappa shape index (κ3) is 2.96. The standard InChI is InChI=1S/C15H16FN3OS/c1-10-8-19(7-6-17-10)15(20)13-9-21-14(18-13)11-4-2-3-5-12(11)16/h2-5,9-10,17H,6-8H2,1H3. The third-order valence-corrected chi connectivity index (χ3v) is 4.36. The van der Waals surface area contributed by atoms with Gasteiger partial charge in [0.2, 0.25) is 0 Å². The van der Waals surface area contributed by atoms with Gasteiger partial charge in [-0.15, -0.1) is 11.3 Å². The zero-order valence-corrected chi connectivity index (χ0v) is 12.5. The first-order valence-corrected chi connectivity index (χ1v) is 7.76. The van der Waals surface area contributed by atoms with Crippen molar-refractivity contribution >= 4 is 17.2 Å².